The smallest absolute Gasteiger partial charge is 0.214 e. The molecule has 2 aromatic carbocycles. The number of hydrogen-bond donors (Lipinski definition) is 0. The minimum Gasteiger partial charge on any atom is -0.282 e. The molecule has 0 bridgehead atoms. The molecular weight excluding hydrogens is 485 g/mol. The molecule has 0 aromatic heterocycles. The average Bonchev–Trinajstić information content (AvgIpc) is 2.79. The first-order valence-electron chi connectivity index (χ1n) is 10.7. The second-order valence-electron chi connectivity index (χ2n) is 8.20. The number of benzene rings is 2. The summed E-state index contributed by atoms with van der Waals surface area (Å²) < 4.78 is 0. The van der Waals surface area contributed by atoms with Crippen LogP contribution in [0.5, 0.6) is 0 Å². The molecule has 176 valence electrons. The third-order valence-electron chi connectivity index (χ3n) is 5.02. The van der Waals surface area contributed by atoms with Crippen molar-refractivity contribution in [1.82, 2.24) is 0 Å². The highest BCUT2D eigenvalue weighted by Crippen LogP contribution is 2.34. The molecule has 0 spiro atoms. The molecule has 0 heterocycles. The lowest BCUT2D eigenvalue weighted by Gasteiger charge is -2.26. The van der Waals surface area contributed by atoms with Crippen molar-refractivity contribution in [1.29, 1.82) is 0 Å². The Balaban J connectivity index is 1.88. The minimum absolute atomic E-state index is 0.0777. The first-order valence-corrected chi connectivity index (χ1v) is 14.7. The van der Waals surface area contributed by atoms with E-state index in [-0.39, 0.29) is 15.6 Å². The fourth-order valence-electron chi connectivity index (χ4n) is 2.94. The fourth-order valence-corrected chi connectivity index (χ4v) is 6.26. The van der Waals surface area contributed by atoms with Crippen molar-refractivity contribution in [3.63, 3.8) is 0 Å². The summed E-state index contributed by atoms with van der Waals surface area (Å²) in [6, 6.07) is 17.5. The monoisotopic (exact) mass is 516 g/mol. The van der Waals surface area contributed by atoms with Gasteiger partial charge in [-0.15, -0.1) is 23.5 Å². The van der Waals surface area contributed by atoms with E-state index in [9.17, 15) is 9.59 Å². The van der Waals surface area contributed by atoms with E-state index in [0.29, 0.717) is 11.1 Å². The van der Waals surface area contributed by atoms with E-state index in [2.05, 4.69) is 75.5 Å². The van der Waals surface area contributed by atoms with Crippen LogP contribution < -0.4 is 0 Å². The van der Waals surface area contributed by atoms with Crippen LogP contribution in [-0.4, -0.2) is 33.2 Å². The largest absolute Gasteiger partial charge is 0.282 e. The molecule has 2 rings (SSSR count). The van der Waals surface area contributed by atoms with Gasteiger partial charge in [-0.3, -0.25) is 9.59 Å². The Kier molecular flexibility index (Phi) is 11.4. The second-order valence-corrected chi connectivity index (χ2v) is 12.7. The fraction of sp³-hybridized carbons (Fsp3) is 0.333. The Morgan fingerprint density at radius 3 is 1.30 bits per heavy atom. The van der Waals surface area contributed by atoms with Crippen LogP contribution in [0.2, 0.25) is 0 Å². The van der Waals surface area contributed by atoms with Gasteiger partial charge >= 0.3 is 0 Å². The van der Waals surface area contributed by atoms with E-state index in [1.54, 1.807) is 37.4 Å². The molecule has 6 heteroatoms. The summed E-state index contributed by atoms with van der Waals surface area (Å²) in [6.07, 6.45) is 0. The second kappa shape index (κ2) is 13.5. The van der Waals surface area contributed by atoms with E-state index in [1.807, 2.05) is 0 Å². The Morgan fingerprint density at radius 2 is 1.00 bits per heavy atom. The first-order chi connectivity index (χ1) is 15.6. The van der Waals surface area contributed by atoms with Crippen LogP contribution in [0.25, 0.3) is 0 Å². The summed E-state index contributed by atoms with van der Waals surface area (Å²) in [6.45, 7) is 15.4. The summed E-state index contributed by atoms with van der Waals surface area (Å²) in [4.78, 5) is 25.7. The molecule has 0 aliphatic carbocycles. The topological polar surface area (TPSA) is 34.1 Å². The van der Waals surface area contributed by atoms with Gasteiger partial charge < -0.3 is 0 Å². The maximum absolute atomic E-state index is 11.6. The first kappa shape index (κ1) is 27.9. The van der Waals surface area contributed by atoms with Gasteiger partial charge in [-0.1, -0.05) is 74.8 Å². The number of hydrogen-bond acceptors (Lipinski definition) is 6. The van der Waals surface area contributed by atoms with Crippen molar-refractivity contribution in [3.8, 4) is 0 Å². The van der Waals surface area contributed by atoms with E-state index >= 15 is 0 Å². The van der Waals surface area contributed by atoms with Crippen LogP contribution in [0.3, 0.4) is 0 Å². The van der Waals surface area contributed by atoms with E-state index in [0.717, 1.165) is 23.0 Å². The predicted octanol–water partition coefficient (Wildman–Crippen LogP) is 7.87. The highest BCUT2D eigenvalue weighted by atomic mass is 32.2. The van der Waals surface area contributed by atoms with Gasteiger partial charge in [-0.05, 0) is 60.4 Å². The molecule has 0 fully saturated rings. The third kappa shape index (κ3) is 9.08. The summed E-state index contributed by atoms with van der Waals surface area (Å²) in [7, 11) is 0. The van der Waals surface area contributed by atoms with Gasteiger partial charge in [0.05, 0.1) is 0 Å². The Morgan fingerprint density at radius 1 is 0.667 bits per heavy atom. The van der Waals surface area contributed by atoms with Crippen molar-refractivity contribution in [3.05, 3.63) is 84.0 Å². The molecule has 0 amide bonds. The lowest BCUT2D eigenvalue weighted by Crippen LogP contribution is -2.18. The predicted molar refractivity (Wildman–Crippen MR) is 151 cm³/mol. The van der Waals surface area contributed by atoms with Crippen LogP contribution in [0, 0.1) is 0 Å². The molecule has 2 nitrogen and oxygen atoms in total. The van der Waals surface area contributed by atoms with Crippen LogP contribution in [0.4, 0.5) is 0 Å². The molecule has 0 atom stereocenters. The van der Waals surface area contributed by atoms with Gasteiger partial charge in [0.2, 0.25) is 10.2 Å². The number of thioether (sulfide) groups is 4. The lowest BCUT2D eigenvalue weighted by atomic mass is 9.78. The van der Waals surface area contributed by atoms with Crippen LogP contribution in [0.1, 0.15) is 38.8 Å². The summed E-state index contributed by atoms with van der Waals surface area (Å²) in [5.74, 6) is 3.37. The van der Waals surface area contributed by atoms with Gasteiger partial charge in [0.15, 0.2) is 0 Å². The van der Waals surface area contributed by atoms with Gasteiger partial charge in [-0.2, -0.15) is 0 Å². The highest BCUT2D eigenvalue weighted by Gasteiger charge is 2.23. The molecule has 33 heavy (non-hydrogen) atoms. The summed E-state index contributed by atoms with van der Waals surface area (Å²) in [5, 5.41) is 0.155. The van der Waals surface area contributed by atoms with Gasteiger partial charge in [0.25, 0.3) is 0 Å². The molecule has 2 aromatic rings. The van der Waals surface area contributed by atoms with Gasteiger partial charge in [0.1, 0.15) is 0 Å². The van der Waals surface area contributed by atoms with Crippen LogP contribution >= 0.6 is 47.0 Å². The summed E-state index contributed by atoms with van der Waals surface area (Å²) >= 11 is 6.22. The normalized spacial score (nSPS) is 11.3. The third-order valence-corrected chi connectivity index (χ3v) is 9.60. The zero-order valence-corrected chi connectivity index (χ0v) is 23.1. The van der Waals surface area contributed by atoms with Crippen molar-refractivity contribution in [2.24, 2.45) is 0 Å². The standard InChI is InChI=1S/C27H32O2S4/c1-19(2)25(28)32-17-15-30-23-11-7-21(8-12-23)27(5,6)22-9-13-24(14-10-22)31-16-18-33-26(29)20(3)4/h7-14H,1,3,15-18H2,2,4-6H3. The molecule has 0 radical (unpaired) electrons. The van der Waals surface area contributed by atoms with Crippen molar-refractivity contribution in [2.45, 2.75) is 42.9 Å². The van der Waals surface area contributed by atoms with Crippen molar-refractivity contribution < 1.29 is 9.59 Å². The van der Waals surface area contributed by atoms with Gasteiger partial charge in [-0.25, -0.2) is 0 Å². The molecule has 0 saturated heterocycles. The van der Waals surface area contributed by atoms with Gasteiger partial charge in [0, 0.05) is 38.2 Å². The Bertz CT molecular complexity index is 897. The van der Waals surface area contributed by atoms with E-state index in [1.165, 1.54) is 44.4 Å². The molecule has 0 saturated carbocycles. The molecule has 0 N–H and O–H groups in total. The molecule has 0 aliphatic rings. The number of carbonyl (C=O) groups is 2. The molecule has 0 unspecified atom stereocenters. The number of carbonyl (C=O) groups excluding carboxylic acids is 2. The minimum atomic E-state index is -0.0973. The highest BCUT2D eigenvalue weighted by molar-refractivity contribution is 8.15. The van der Waals surface area contributed by atoms with Crippen molar-refractivity contribution in [2.75, 3.05) is 23.0 Å². The van der Waals surface area contributed by atoms with E-state index < -0.39 is 0 Å². The van der Waals surface area contributed by atoms with Crippen LogP contribution in [-0.2, 0) is 15.0 Å². The quantitative estimate of drug-likeness (QED) is 0.162. The Hall–Kier alpha value is -1.34. The van der Waals surface area contributed by atoms with Crippen LogP contribution in [0.15, 0.2) is 82.6 Å². The lowest BCUT2D eigenvalue weighted by molar-refractivity contribution is -0.108. The summed E-state index contributed by atoms with van der Waals surface area (Å²) in [5.41, 5.74) is 3.66. The van der Waals surface area contributed by atoms with E-state index in [4.69, 9.17) is 0 Å². The Labute approximate surface area is 215 Å². The molecule has 0 aliphatic heterocycles. The maximum Gasteiger partial charge on any atom is 0.214 e. The SMILES string of the molecule is C=C(C)C(=O)SCCSc1ccc(C(C)(C)c2ccc(SCCSC(=O)C(=C)C)cc2)cc1. The van der Waals surface area contributed by atoms with Crippen molar-refractivity contribution >= 4 is 57.3 Å². The zero-order valence-electron chi connectivity index (χ0n) is 19.8. The zero-order chi connectivity index (χ0) is 24.4. The maximum atomic E-state index is 11.6. The number of rotatable bonds is 12. The molecular formula is C27H32O2S4. The average molecular weight is 517 g/mol.